The van der Waals surface area contributed by atoms with Crippen LogP contribution in [0, 0.1) is 0 Å². The van der Waals surface area contributed by atoms with E-state index in [1.54, 1.807) is 0 Å². The SMILES string of the molecule is C/C(=N\O)C(=O)NCCCN1CCOCC1. The van der Waals surface area contributed by atoms with Crippen LogP contribution in [-0.2, 0) is 9.53 Å². The molecule has 1 fully saturated rings. The van der Waals surface area contributed by atoms with Gasteiger partial charge >= 0.3 is 0 Å². The molecular formula is C10H19N3O3. The summed E-state index contributed by atoms with van der Waals surface area (Å²) in [5, 5.41) is 13.9. The molecule has 2 N–H and O–H groups in total. The number of amides is 1. The van der Waals surface area contributed by atoms with Gasteiger partial charge < -0.3 is 15.3 Å². The van der Waals surface area contributed by atoms with Gasteiger partial charge in [-0.25, -0.2) is 0 Å². The highest BCUT2D eigenvalue weighted by atomic mass is 16.5. The summed E-state index contributed by atoms with van der Waals surface area (Å²) in [7, 11) is 0. The molecule has 16 heavy (non-hydrogen) atoms. The first kappa shape index (κ1) is 12.9. The average Bonchev–Trinajstić information content (AvgIpc) is 2.34. The lowest BCUT2D eigenvalue weighted by Crippen LogP contribution is -2.38. The van der Waals surface area contributed by atoms with Crippen molar-refractivity contribution in [3.05, 3.63) is 0 Å². The molecule has 1 amide bonds. The van der Waals surface area contributed by atoms with E-state index in [0.29, 0.717) is 6.54 Å². The monoisotopic (exact) mass is 229 g/mol. The van der Waals surface area contributed by atoms with E-state index in [2.05, 4.69) is 15.4 Å². The lowest BCUT2D eigenvalue weighted by Gasteiger charge is -2.26. The number of morpholine rings is 1. The van der Waals surface area contributed by atoms with E-state index in [-0.39, 0.29) is 11.6 Å². The summed E-state index contributed by atoms with van der Waals surface area (Å²) in [4.78, 5) is 13.5. The minimum atomic E-state index is -0.315. The second-order valence-electron chi connectivity index (χ2n) is 3.75. The Morgan fingerprint density at radius 3 is 2.81 bits per heavy atom. The van der Waals surface area contributed by atoms with Crippen molar-refractivity contribution in [1.29, 1.82) is 0 Å². The Labute approximate surface area is 95.2 Å². The molecule has 6 nitrogen and oxygen atoms in total. The number of rotatable bonds is 5. The number of nitrogens with zero attached hydrogens (tertiary/aromatic N) is 2. The smallest absolute Gasteiger partial charge is 0.268 e. The fourth-order valence-electron chi connectivity index (χ4n) is 1.50. The van der Waals surface area contributed by atoms with Crippen molar-refractivity contribution in [3.63, 3.8) is 0 Å². The molecule has 0 aliphatic carbocycles. The van der Waals surface area contributed by atoms with Crippen molar-refractivity contribution in [3.8, 4) is 0 Å². The van der Waals surface area contributed by atoms with Crippen LogP contribution in [0.3, 0.4) is 0 Å². The molecular weight excluding hydrogens is 210 g/mol. The van der Waals surface area contributed by atoms with Gasteiger partial charge in [0.05, 0.1) is 13.2 Å². The molecule has 0 atom stereocenters. The van der Waals surface area contributed by atoms with E-state index in [0.717, 1.165) is 39.3 Å². The highest BCUT2D eigenvalue weighted by molar-refractivity contribution is 6.37. The minimum Gasteiger partial charge on any atom is -0.410 e. The molecule has 0 aromatic heterocycles. The van der Waals surface area contributed by atoms with Crippen molar-refractivity contribution in [2.75, 3.05) is 39.4 Å². The molecule has 6 heteroatoms. The Bertz CT molecular complexity index is 250. The molecule has 0 unspecified atom stereocenters. The van der Waals surface area contributed by atoms with Crippen LogP contribution in [0.5, 0.6) is 0 Å². The van der Waals surface area contributed by atoms with Crippen molar-refractivity contribution < 1.29 is 14.7 Å². The lowest BCUT2D eigenvalue weighted by atomic mass is 10.3. The number of ether oxygens (including phenoxy) is 1. The third kappa shape index (κ3) is 4.59. The maximum absolute atomic E-state index is 11.2. The molecule has 0 bridgehead atoms. The molecule has 0 aromatic rings. The zero-order chi connectivity index (χ0) is 11.8. The third-order valence-electron chi connectivity index (χ3n) is 2.52. The topological polar surface area (TPSA) is 74.2 Å². The molecule has 0 radical (unpaired) electrons. The van der Waals surface area contributed by atoms with Crippen molar-refractivity contribution in [2.24, 2.45) is 5.16 Å². The first-order chi connectivity index (χ1) is 7.74. The van der Waals surface area contributed by atoms with Crippen LogP contribution in [0.1, 0.15) is 13.3 Å². The second kappa shape index (κ2) is 7.19. The third-order valence-corrected chi connectivity index (χ3v) is 2.52. The maximum atomic E-state index is 11.2. The van der Waals surface area contributed by atoms with Gasteiger partial charge in [-0.15, -0.1) is 0 Å². The van der Waals surface area contributed by atoms with E-state index < -0.39 is 0 Å². The summed E-state index contributed by atoms with van der Waals surface area (Å²) in [5.74, 6) is -0.315. The Morgan fingerprint density at radius 1 is 1.50 bits per heavy atom. The highest BCUT2D eigenvalue weighted by Gasteiger charge is 2.10. The van der Waals surface area contributed by atoms with E-state index in [9.17, 15) is 4.79 Å². The molecule has 1 rings (SSSR count). The van der Waals surface area contributed by atoms with Gasteiger partial charge in [-0.1, -0.05) is 5.16 Å². The van der Waals surface area contributed by atoms with Gasteiger partial charge in [-0.2, -0.15) is 0 Å². The number of carbonyl (C=O) groups is 1. The largest absolute Gasteiger partial charge is 0.410 e. The first-order valence-electron chi connectivity index (χ1n) is 5.51. The fourth-order valence-corrected chi connectivity index (χ4v) is 1.50. The van der Waals surface area contributed by atoms with Gasteiger partial charge in [-0.05, 0) is 19.9 Å². The predicted octanol–water partition coefficient (Wildman–Crippen LogP) is -0.325. The molecule has 1 saturated heterocycles. The quantitative estimate of drug-likeness (QED) is 0.293. The summed E-state index contributed by atoms with van der Waals surface area (Å²) in [6.45, 7) is 6.54. The Kier molecular flexibility index (Phi) is 5.81. The predicted molar refractivity (Wildman–Crippen MR) is 59.8 cm³/mol. The number of hydrogen-bond donors (Lipinski definition) is 2. The van der Waals surface area contributed by atoms with Crippen LogP contribution < -0.4 is 5.32 Å². The molecule has 0 aromatic carbocycles. The number of nitrogens with one attached hydrogen (secondary N) is 1. The van der Waals surface area contributed by atoms with Crippen molar-refractivity contribution in [2.45, 2.75) is 13.3 Å². The molecule has 92 valence electrons. The molecule has 0 saturated carbocycles. The van der Waals surface area contributed by atoms with Gasteiger partial charge in [-0.3, -0.25) is 9.69 Å². The fraction of sp³-hybridized carbons (Fsp3) is 0.800. The molecule has 1 aliphatic rings. The average molecular weight is 229 g/mol. The zero-order valence-corrected chi connectivity index (χ0v) is 9.61. The number of carbonyl (C=O) groups excluding carboxylic acids is 1. The minimum absolute atomic E-state index is 0.0892. The standard InChI is InChI=1S/C10H19N3O3/c1-9(12-15)10(14)11-3-2-4-13-5-7-16-8-6-13/h15H,2-8H2,1H3,(H,11,14)/b12-9+. The van der Waals surface area contributed by atoms with Gasteiger partial charge in [0.15, 0.2) is 0 Å². The molecule has 0 spiro atoms. The Morgan fingerprint density at radius 2 is 2.19 bits per heavy atom. The maximum Gasteiger partial charge on any atom is 0.268 e. The van der Waals surface area contributed by atoms with Crippen LogP contribution in [-0.4, -0.2) is 61.1 Å². The van der Waals surface area contributed by atoms with Crippen LogP contribution in [0.4, 0.5) is 0 Å². The van der Waals surface area contributed by atoms with E-state index in [4.69, 9.17) is 9.94 Å². The van der Waals surface area contributed by atoms with Crippen molar-refractivity contribution >= 4 is 11.6 Å². The zero-order valence-electron chi connectivity index (χ0n) is 9.61. The lowest BCUT2D eigenvalue weighted by molar-refractivity contribution is -0.115. The Hall–Kier alpha value is -1.14. The first-order valence-corrected chi connectivity index (χ1v) is 5.51. The van der Waals surface area contributed by atoms with Crippen LogP contribution >= 0.6 is 0 Å². The second-order valence-corrected chi connectivity index (χ2v) is 3.75. The van der Waals surface area contributed by atoms with Gasteiger partial charge in [0, 0.05) is 19.6 Å². The molecule has 1 heterocycles. The number of oxime groups is 1. The van der Waals surface area contributed by atoms with E-state index >= 15 is 0 Å². The van der Waals surface area contributed by atoms with Gasteiger partial charge in [0.25, 0.3) is 5.91 Å². The summed E-state index contributed by atoms with van der Waals surface area (Å²) in [5.41, 5.74) is 0.0892. The van der Waals surface area contributed by atoms with Gasteiger partial charge in [0.1, 0.15) is 5.71 Å². The molecule has 1 aliphatic heterocycles. The van der Waals surface area contributed by atoms with E-state index in [1.807, 2.05) is 0 Å². The van der Waals surface area contributed by atoms with Gasteiger partial charge in [0.2, 0.25) is 0 Å². The summed E-state index contributed by atoms with van der Waals surface area (Å²) in [6.07, 6.45) is 0.893. The number of hydrogen-bond acceptors (Lipinski definition) is 5. The Balaban J connectivity index is 2.05. The summed E-state index contributed by atoms with van der Waals surface area (Å²) >= 11 is 0. The van der Waals surface area contributed by atoms with Crippen LogP contribution in [0.15, 0.2) is 5.16 Å². The van der Waals surface area contributed by atoms with E-state index in [1.165, 1.54) is 6.92 Å². The van der Waals surface area contributed by atoms with Crippen LogP contribution in [0.25, 0.3) is 0 Å². The van der Waals surface area contributed by atoms with Crippen LogP contribution in [0.2, 0.25) is 0 Å². The summed E-state index contributed by atoms with van der Waals surface area (Å²) < 4.78 is 5.24. The highest BCUT2D eigenvalue weighted by Crippen LogP contribution is 1.97. The van der Waals surface area contributed by atoms with Crippen molar-refractivity contribution in [1.82, 2.24) is 10.2 Å². The normalized spacial score (nSPS) is 18.4. The summed E-state index contributed by atoms with van der Waals surface area (Å²) in [6, 6.07) is 0.